The molecule has 0 bridgehead atoms. The number of H-pyrrole nitrogens is 2. The fourth-order valence-electron chi connectivity index (χ4n) is 7.78. The van der Waals surface area contributed by atoms with Gasteiger partial charge in [0.05, 0.1) is 55.6 Å². The molecule has 5 aromatic rings. The van der Waals surface area contributed by atoms with Crippen molar-refractivity contribution in [1.82, 2.24) is 49.7 Å². The number of carbonyl (C=O) groups is 4. The first-order valence-corrected chi connectivity index (χ1v) is 19.3. The van der Waals surface area contributed by atoms with Crippen LogP contribution >= 0.6 is 0 Å². The Labute approximate surface area is 335 Å². The van der Waals surface area contributed by atoms with Crippen LogP contribution in [0.2, 0.25) is 0 Å². The van der Waals surface area contributed by atoms with Gasteiger partial charge in [0.2, 0.25) is 11.8 Å². The molecule has 0 aliphatic carbocycles. The van der Waals surface area contributed by atoms with Crippen molar-refractivity contribution in [1.29, 1.82) is 0 Å². The van der Waals surface area contributed by atoms with Crippen LogP contribution in [0, 0.1) is 0 Å². The molecule has 58 heavy (non-hydrogen) atoms. The highest BCUT2D eigenvalue weighted by Gasteiger charge is 2.40. The molecule has 17 nitrogen and oxygen atoms in total. The third kappa shape index (κ3) is 8.30. The quantitative estimate of drug-likeness (QED) is 0.124. The number of hydrogen-bond acceptors (Lipinski definition) is 9. The summed E-state index contributed by atoms with van der Waals surface area (Å²) in [6.45, 7) is 2.88. The highest BCUT2D eigenvalue weighted by molar-refractivity contribution is 5.87. The number of aromatic amines is 2. The third-order valence-electron chi connectivity index (χ3n) is 11.2. The van der Waals surface area contributed by atoms with E-state index in [4.69, 9.17) is 9.47 Å². The van der Waals surface area contributed by atoms with E-state index in [0.29, 0.717) is 31.2 Å². The minimum absolute atomic E-state index is 0.110. The molecule has 2 aliphatic rings. The molecular formula is C41H48N10O7. The molecule has 0 spiro atoms. The standard InChI is InChI=1S/C41H48N10O7/c1-25(57-3)35(47-40(54)58-4)39(53)51-21-6-9-33(51)37-43-23-31(46-37)29-16-12-27(13-17-29)26-10-14-28(15-11-26)30-22-42-36(45-30)32-8-5-20-50(32)38(52)34(48(2)41(55)56)24-49-19-7-18-44-49/h7,10-19,22-23,25,32-35H,5-6,8-9,20-21,24H2,1-4H3,(H,42,45)(H,43,46)(H,47,54)(H,55,56)/t25-,32+,33+,34+,35+/m1/s1. The molecule has 2 saturated heterocycles. The third-order valence-corrected chi connectivity index (χ3v) is 11.2. The van der Waals surface area contributed by atoms with Crippen molar-refractivity contribution in [2.75, 3.05) is 34.4 Å². The average molecular weight is 793 g/mol. The molecule has 4 N–H and O–H groups in total. The molecule has 0 radical (unpaired) electrons. The topological polar surface area (TPSA) is 204 Å². The van der Waals surface area contributed by atoms with Gasteiger partial charge in [0.25, 0.3) is 0 Å². The molecule has 7 rings (SSSR count). The summed E-state index contributed by atoms with van der Waals surface area (Å²) in [7, 11) is 4.15. The van der Waals surface area contributed by atoms with Gasteiger partial charge in [-0.05, 0) is 60.9 Å². The van der Waals surface area contributed by atoms with E-state index in [1.807, 2.05) is 48.5 Å². The fraction of sp³-hybridized carbons (Fsp3) is 0.390. The van der Waals surface area contributed by atoms with Crippen LogP contribution in [0.3, 0.4) is 0 Å². The summed E-state index contributed by atoms with van der Waals surface area (Å²) < 4.78 is 11.7. The maximum atomic E-state index is 13.8. The Bertz CT molecular complexity index is 2200. The molecule has 3 aromatic heterocycles. The molecule has 17 heteroatoms. The molecule has 0 saturated carbocycles. The van der Waals surface area contributed by atoms with E-state index in [1.165, 1.54) is 21.3 Å². The second-order valence-corrected chi connectivity index (χ2v) is 14.6. The van der Waals surface area contributed by atoms with Crippen LogP contribution < -0.4 is 5.32 Å². The van der Waals surface area contributed by atoms with Gasteiger partial charge >= 0.3 is 12.2 Å². The number of imidazole rings is 2. The zero-order valence-corrected chi connectivity index (χ0v) is 32.9. The van der Waals surface area contributed by atoms with Gasteiger partial charge < -0.3 is 39.7 Å². The molecule has 2 fully saturated rings. The van der Waals surface area contributed by atoms with Crippen molar-refractivity contribution in [2.24, 2.45) is 0 Å². The zero-order chi connectivity index (χ0) is 40.9. The summed E-state index contributed by atoms with van der Waals surface area (Å²) in [4.78, 5) is 72.0. The number of alkyl carbamates (subject to hydrolysis) is 1. The number of carbonyl (C=O) groups excluding carboxylic acids is 3. The summed E-state index contributed by atoms with van der Waals surface area (Å²) >= 11 is 0. The van der Waals surface area contributed by atoms with Gasteiger partial charge in [-0.3, -0.25) is 19.2 Å². The molecule has 304 valence electrons. The Kier molecular flexibility index (Phi) is 11.9. The number of aromatic nitrogens is 6. The Morgan fingerprint density at radius 2 is 1.36 bits per heavy atom. The van der Waals surface area contributed by atoms with Crippen LogP contribution in [-0.4, -0.2) is 126 Å². The number of likely N-dealkylation sites (N-methyl/N-ethyl adjacent to an activating group) is 1. The van der Waals surface area contributed by atoms with Gasteiger partial charge in [-0.1, -0.05) is 48.5 Å². The Morgan fingerprint density at radius 3 is 1.83 bits per heavy atom. The monoisotopic (exact) mass is 792 g/mol. The van der Waals surface area contributed by atoms with E-state index in [1.54, 1.807) is 52.3 Å². The van der Waals surface area contributed by atoms with Crippen LogP contribution in [0.5, 0.6) is 0 Å². The smallest absolute Gasteiger partial charge is 0.407 e. The normalized spacial score (nSPS) is 18.1. The summed E-state index contributed by atoms with van der Waals surface area (Å²) in [6.07, 6.45) is 7.42. The molecule has 2 aromatic carbocycles. The molecule has 2 aliphatic heterocycles. The molecule has 4 amide bonds. The first kappa shape index (κ1) is 39.7. The number of amides is 4. The van der Waals surface area contributed by atoms with E-state index in [0.717, 1.165) is 57.8 Å². The minimum Gasteiger partial charge on any atom is -0.465 e. The van der Waals surface area contributed by atoms with Crippen LogP contribution in [0.4, 0.5) is 9.59 Å². The lowest BCUT2D eigenvalue weighted by Crippen LogP contribution is -2.54. The first-order valence-electron chi connectivity index (χ1n) is 19.3. The van der Waals surface area contributed by atoms with Crippen molar-refractivity contribution in [2.45, 2.75) is 69.4 Å². The van der Waals surface area contributed by atoms with Gasteiger partial charge in [-0.15, -0.1) is 0 Å². The fourth-order valence-corrected chi connectivity index (χ4v) is 7.78. The summed E-state index contributed by atoms with van der Waals surface area (Å²) in [5, 5.41) is 16.5. The Morgan fingerprint density at radius 1 is 0.845 bits per heavy atom. The van der Waals surface area contributed by atoms with Crippen molar-refractivity contribution in [3.8, 4) is 33.6 Å². The Balaban J connectivity index is 1.00. The van der Waals surface area contributed by atoms with E-state index in [2.05, 4.69) is 30.4 Å². The van der Waals surface area contributed by atoms with Crippen LogP contribution in [0.15, 0.2) is 79.4 Å². The highest BCUT2D eigenvalue weighted by atomic mass is 16.5. The van der Waals surface area contributed by atoms with E-state index in [9.17, 15) is 24.3 Å². The van der Waals surface area contributed by atoms with Gasteiger partial charge in [-0.2, -0.15) is 5.10 Å². The predicted octanol–water partition coefficient (Wildman–Crippen LogP) is 5.10. The van der Waals surface area contributed by atoms with E-state index >= 15 is 0 Å². The predicted molar refractivity (Wildman–Crippen MR) is 212 cm³/mol. The lowest BCUT2D eigenvalue weighted by molar-refractivity contribution is -0.138. The average Bonchev–Trinajstić information content (AvgIpc) is 4.10. The maximum Gasteiger partial charge on any atom is 0.407 e. The van der Waals surface area contributed by atoms with Crippen LogP contribution in [0.25, 0.3) is 33.6 Å². The Hall–Kier alpha value is -6.49. The maximum absolute atomic E-state index is 13.8. The molecule has 5 atom stereocenters. The van der Waals surface area contributed by atoms with Crippen LogP contribution in [-0.2, 0) is 25.6 Å². The van der Waals surface area contributed by atoms with Gasteiger partial charge in [0.15, 0.2) is 0 Å². The van der Waals surface area contributed by atoms with Crippen molar-refractivity contribution < 1.29 is 33.8 Å². The lowest BCUT2D eigenvalue weighted by atomic mass is 10.0. The molecule has 0 unspecified atom stereocenters. The number of nitrogens with one attached hydrogen (secondary N) is 3. The van der Waals surface area contributed by atoms with Crippen molar-refractivity contribution >= 4 is 24.0 Å². The van der Waals surface area contributed by atoms with Crippen molar-refractivity contribution in [3.63, 3.8) is 0 Å². The summed E-state index contributed by atoms with van der Waals surface area (Å²) in [5.74, 6) is 0.798. The minimum atomic E-state index is -1.18. The van der Waals surface area contributed by atoms with Crippen molar-refractivity contribution in [3.05, 3.63) is 91.0 Å². The van der Waals surface area contributed by atoms with Gasteiger partial charge in [0, 0.05) is 39.6 Å². The number of nitrogens with zero attached hydrogens (tertiary/aromatic N) is 7. The summed E-state index contributed by atoms with van der Waals surface area (Å²) in [5.41, 5.74) is 5.57. The van der Waals surface area contributed by atoms with Gasteiger partial charge in [0.1, 0.15) is 23.7 Å². The second kappa shape index (κ2) is 17.3. The van der Waals surface area contributed by atoms with Crippen LogP contribution in [0.1, 0.15) is 56.3 Å². The number of likely N-dealkylation sites (tertiary alicyclic amines) is 2. The molecular weight excluding hydrogens is 745 g/mol. The van der Waals surface area contributed by atoms with E-state index in [-0.39, 0.29) is 30.4 Å². The number of hydrogen-bond donors (Lipinski definition) is 4. The van der Waals surface area contributed by atoms with Gasteiger partial charge in [-0.25, -0.2) is 19.6 Å². The largest absolute Gasteiger partial charge is 0.465 e. The number of carboxylic acid groups (broad SMARTS) is 1. The molecule has 5 heterocycles. The SMILES string of the molecule is COC(=O)N[C@H](C(=O)N1CCC[C@H]1c1ncc(-c2ccc(-c3ccc(-c4cnc([C@@H]5CCCN5C(=O)[C@H](Cn5cccn5)N(C)C(=O)O)[nH]4)cc3)cc2)[nH]1)[C@@H](C)OC. The number of benzene rings is 2. The summed E-state index contributed by atoms with van der Waals surface area (Å²) in [6, 6.07) is 15.6. The van der Waals surface area contributed by atoms with E-state index < -0.39 is 30.4 Å². The number of ether oxygens (including phenoxy) is 2. The highest BCUT2D eigenvalue weighted by Crippen LogP contribution is 2.35. The second-order valence-electron chi connectivity index (χ2n) is 14.6. The number of methoxy groups -OCH3 is 2. The lowest BCUT2D eigenvalue weighted by Gasteiger charge is -2.31. The number of rotatable bonds is 13. The zero-order valence-electron chi connectivity index (χ0n) is 32.9. The first-order chi connectivity index (χ1) is 28.1.